The smallest absolute Gasteiger partial charge is 0.391 e. The molecule has 194 valence electrons. The molecule has 0 aliphatic carbocycles. The monoisotopic (exact) mass is 550 g/mol. The number of aromatic nitrogens is 3. The molecule has 2 heterocycles. The van der Waals surface area contributed by atoms with Gasteiger partial charge in [0.1, 0.15) is 36.2 Å². The van der Waals surface area contributed by atoms with E-state index < -0.39 is 54.1 Å². The first-order valence-electron chi connectivity index (χ1n) is 9.33. The van der Waals surface area contributed by atoms with Crippen molar-refractivity contribution in [3.05, 3.63) is 18.6 Å². The lowest BCUT2D eigenvalue weighted by atomic mass is 10.1. The first kappa shape index (κ1) is 28.9. The second-order valence-corrected chi connectivity index (χ2v) is 11.4. The summed E-state index contributed by atoms with van der Waals surface area (Å²) in [6, 6.07) is 1.60. The number of hydrogen-bond acceptors (Lipinski definition) is 12. The molecule has 8 N–H and O–H groups in total. The first-order valence-corrected chi connectivity index (χ1v) is 13.9. The van der Waals surface area contributed by atoms with E-state index in [1.54, 1.807) is 12.3 Å². The zero-order chi connectivity index (χ0) is 26.1. The summed E-state index contributed by atoms with van der Waals surface area (Å²) in [5.41, 5.74) is 6.14. The number of aliphatic hydroxyl groups excluding tert-OH is 2. The summed E-state index contributed by atoms with van der Waals surface area (Å²) < 4.78 is 53.7. The van der Waals surface area contributed by atoms with Gasteiger partial charge in [0.25, 0.3) is 0 Å². The molecule has 0 saturated carbocycles. The van der Waals surface area contributed by atoms with E-state index in [0.29, 0.717) is 11.0 Å². The van der Waals surface area contributed by atoms with Crippen LogP contribution in [0.2, 0.25) is 0 Å². The Hall–Kier alpha value is -1.29. The van der Waals surface area contributed by atoms with Gasteiger partial charge in [0.2, 0.25) is 0 Å². The van der Waals surface area contributed by atoms with Crippen LogP contribution in [-0.2, 0) is 31.6 Å². The van der Waals surface area contributed by atoms with Gasteiger partial charge in [0.05, 0.1) is 17.6 Å². The number of hydrogen-bond donors (Lipinski definition) is 7. The molecule has 20 heteroatoms. The zero-order valence-electron chi connectivity index (χ0n) is 17.9. The molecule has 17 nitrogen and oxygen atoms in total. The van der Waals surface area contributed by atoms with Gasteiger partial charge in [-0.1, -0.05) is 0 Å². The van der Waals surface area contributed by atoms with E-state index in [0.717, 1.165) is 6.92 Å². The first-order chi connectivity index (χ1) is 15.4. The molecule has 0 saturated heterocycles. The number of rotatable bonds is 12. The van der Waals surface area contributed by atoms with Crippen molar-refractivity contribution in [3.63, 3.8) is 0 Å². The fourth-order valence-corrected chi connectivity index (χ4v) is 6.09. The normalized spacial score (nSPS) is 20.7. The summed E-state index contributed by atoms with van der Waals surface area (Å²) in [5.74, 6) is 0.192. The maximum absolute atomic E-state index is 12.2. The lowest BCUT2D eigenvalue weighted by molar-refractivity contribution is -0.159. The van der Waals surface area contributed by atoms with E-state index in [4.69, 9.17) is 24.8 Å². The number of phosphoric acid groups is 3. The Morgan fingerprint density at radius 1 is 1.00 bits per heavy atom. The van der Waals surface area contributed by atoms with E-state index in [1.807, 2.05) is 0 Å². The van der Waals surface area contributed by atoms with Crippen LogP contribution < -0.4 is 5.73 Å². The van der Waals surface area contributed by atoms with Crippen LogP contribution in [0.4, 0.5) is 5.82 Å². The Morgan fingerprint density at radius 3 is 2.18 bits per heavy atom. The molecule has 34 heavy (non-hydrogen) atoms. The van der Waals surface area contributed by atoms with Gasteiger partial charge >= 0.3 is 23.5 Å². The predicted molar refractivity (Wildman–Crippen MR) is 114 cm³/mol. The number of fused-ring (bicyclic) bond motifs is 1. The summed E-state index contributed by atoms with van der Waals surface area (Å²) >= 11 is 0. The molecule has 0 amide bonds. The van der Waals surface area contributed by atoms with E-state index >= 15 is 0 Å². The van der Waals surface area contributed by atoms with Gasteiger partial charge in [-0.3, -0.25) is 4.52 Å². The zero-order valence-corrected chi connectivity index (χ0v) is 20.6. The number of ether oxygens (including phenoxy) is 1. The van der Waals surface area contributed by atoms with Gasteiger partial charge in [0, 0.05) is 6.20 Å². The molecule has 0 aliphatic rings. The number of aliphatic hydroxyl groups is 2. The van der Waals surface area contributed by atoms with Gasteiger partial charge in [0.15, 0.2) is 0 Å². The van der Waals surface area contributed by atoms with Gasteiger partial charge in [-0.15, -0.1) is 0 Å². The van der Waals surface area contributed by atoms with Crippen molar-refractivity contribution in [1.82, 2.24) is 14.5 Å². The highest BCUT2D eigenvalue weighted by Gasteiger charge is 2.43. The van der Waals surface area contributed by atoms with Gasteiger partial charge in [-0.2, -0.15) is 8.62 Å². The van der Waals surface area contributed by atoms with E-state index in [9.17, 15) is 33.7 Å². The average molecular weight is 550 g/mol. The van der Waals surface area contributed by atoms with Crippen LogP contribution in [0.25, 0.3) is 11.0 Å². The lowest BCUT2D eigenvalue weighted by Crippen LogP contribution is -2.45. The average Bonchev–Trinajstić information content (AvgIpc) is 3.07. The fourth-order valence-electron chi connectivity index (χ4n) is 2.89. The SMILES string of the molecule is CC(O)[C@H](O)[C@H](OC(C)n1ccc2c(N)ncnc21)[C@H](C)OP(=O)(O)OP(=O)(O)OP(=O)(O)O. The van der Waals surface area contributed by atoms with E-state index in [2.05, 4.69) is 18.6 Å². The van der Waals surface area contributed by atoms with Crippen molar-refractivity contribution in [2.24, 2.45) is 0 Å². The quantitative estimate of drug-likeness (QED) is 0.176. The number of nitrogens with two attached hydrogens (primary N) is 1. The molecule has 7 atom stereocenters. The minimum absolute atomic E-state index is 0.192. The molecule has 0 radical (unpaired) electrons. The summed E-state index contributed by atoms with van der Waals surface area (Å²) in [6.07, 6.45) is -4.46. The maximum atomic E-state index is 12.2. The van der Waals surface area contributed by atoms with Crippen molar-refractivity contribution < 1.29 is 61.4 Å². The van der Waals surface area contributed by atoms with Gasteiger partial charge in [-0.05, 0) is 26.8 Å². The molecular weight excluding hydrogens is 525 g/mol. The highest BCUT2D eigenvalue weighted by molar-refractivity contribution is 7.66. The second-order valence-electron chi connectivity index (χ2n) is 7.05. The maximum Gasteiger partial charge on any atom is 0.490 e. The molecule has 0 fully saturated rings. The van der Waals surface area contributed by atoms with Crippen molar-refractivity contribution in [1.29, 1.82) is 0 Å². The largest absolute Gasteiger partial charge is 0.490 e. The van der Waals surface area contributed by atoms with Crippen molar-refractivity contribution in [2.75, 3.05) is 5.73 Å². The van der Waals surface area contributed by atoms with Crippen LogP contribution in [0.15, 0.2) is 18.6 Å². The molecule has 2 aromatic heterocycles. The Kier molecular flexibility index (Phi) is 9.16. The second kappa shape index (κ2) is 10.8. The minimum Gasteiger partial charge on any atom is -0.391 e. The lowest BCUT2D eigenvalue weighted by Gasteiger charge is -2.33. The van der Waals surface area contributed by atoms with Crippen LogP contribution in [0.5, 0.6) is 0 Å². The summed E-state index contributed by atoms with van der Waals surface area (Å²) in [7, 11) is -16.8. The molecule has 2 aromatic rings. The molecule has 0 bridgehead atoms. The third kappa shape index (κ3) is 7.86. The third-order valence-corrected chi connectivity index (χ3v) is 8.22. The van der Waals surface area contributed by atoms with Crippen molar-refractivity contribution in [3.8, 4) is 0 Å². The Morgan fingerprint density at radius 2 is 1.62 bits per heavy atom. The molecule has 0 spiro atoms. The number of nitrogen functional groups attached to an aromatic ring is 1. The van der Waals surface area contributed by atoms with Crippen LogP contribution in [0, 0.1) is 0 Å². The van der Waals surface area contributed by atoms with Crippen molar-refractivity contribution in [2.45, 2.75) is 51.4 Å². The van der Waals surface area contributed by atoms with E-state index in [-0.39, 0.29) is 5.82 Å². The van der Waals surface area contributed by atoms with Gasteiger partial charge in [-0.25, -0.2) is 23.7 Å². The van der Waals surface area contributed by atoms with Crippen LogP contribution in [-0.4, -0.2) is 68.7 Å². The molecule has 4 unspecified atom stereocenters. The standard InChI is InChI=1S/C14H25N4O13P3/c1-7(19)11(20)12(8(2)29-33(24,25)31-34(26,27)30-32(21,22)23)28-9(3)18-5-4-10-13(15)16-6-17-14(10)18/h4-9,11-12,19-20H,1-3H3,(H,24,25)(H,26,27)(H2,15,16,17)(H2,21,22,23)/t7?,8-,9?,11-,12+/m0/s1. The number of phosphoric ester groups is 1. The van der Waals surface area contributed by atoms with Crippen LogP contribution in [0.1, 0.15) is 27.0 Å². The Bertz CT molecular complexity index is 1140. The van der Waals surface area contributed by atoms with E-state index in [1.165, 1.54) is 24.7 Å². The molecular formula is C14H25N4O13P3. The fraction of sp³-hybridized carbons (Fsp3) is 0.571. The summed E-state index contributed by atoms with van der Waals surface area (Å²) in [4.78, 5) is 44.2. The Balaban J connectivity index is 2.24. The highest BCUT2D eigenvalue weighted by Crippen LogP contribution is 2.66. The third-order valence-electron chi connectivity index (χ3n) is 4.29. The molecule has 2 rings (SSSR count). The van der Waals surface area contributed by atoms with Gasteiger partial charge < -0.3 is 44.8 Å². The van der Waals surface area contributed by atoms with Crippen LogP contribution >= 0.6 is 23.5 Å². The summed E-state index contributed by atoms with van der Waals surface area (Å²) in [5, 5.41) is 20.7. The number of anilines is 1. The van der Waals surface area contributed by atoms with Crippen molar-refractivity contribution >= 4 is 40.3 Å². The highest BCUT2D eigenvalue weighted by atomic mass is 31.3. The molecule has 0 aliphatic heterocycles. The minimum atomic E-state index is -5.75. The number of nitrogens with zero attached hydrogens (tertiary/aromatic N) is 3. The molecule has 0 aromatic carbocycles. The van der Waals surface area contributed by atoms with Crippen LogP contribution in [0.3, 0.4) is 0 Å². The Labute approximate surface area is 192 Å². The topological polar surface area (TPSA) is 266 Å². The summed E-state index contributed by atoms with van der Waals surface area (Å²) in [6.45, 7) is 3.81. The predicted octanol–water partition coefficient (Wildman–Crippen LogP) is 0.391.